The van der Waals surface area contributed by atoms with E-state index in [4.69, 9.17) is 5.73 Å². The minimum atomic E-state index is -0.856. The monoisotopic (exact) mass is 273 g/mol. The molecule has 3 N–H and O–H groups in total. The highest BCUT2D eigenvalue weighted by Crippen LogP contribution is 2.27. The molecule has 2 aromatic rings. The summed E-state index contributed by atoms with van der Waals surface area (Å²) >= 11 is 0. The van der Waals surface area contributed by atoms with Gasteiger partial charge < -0.3 is 11.1 Å². The molecular formula is C14H19N5O. The standard InChI is InChI=1S/C14H19N5O/c1-9-11(5-6-17-12(9)16-4)10-7-18-19(8-10)14(2,3)13(15)20/h5-8H,1-4H3,(H2,15,20)(H,16,17). The van der Waals surface area contributed by atoms with E-state index in [1.54, 1.807) is 30.9 Å². The Labute approximate surface area is 118 Å². The molecule has 0 aliphatic rings. The number of hydrogen-bond donors (Lipinski definition) is 2. The molecule has 0 atom stereocenters. The molecule has 106 valence electrons. The predicted octanol–water partition coefficient (Wildman–Crippen LogP) is 1.52. The molecule has 0 aromatic carbocycles. The van der Waals surface area contributed by atoms with Crippen LogP contribution in [0.5, 0.6) is 0 Å². The minimum absolute atomic E-state index is 0.422. The smallest absolute Gasteiger partial charge is 0.244 e. The van der Waals surface area contributed by atoms with Crippen molar-refractivity contribution in [1.29, 1.82) is 0 Å². The molecule has 20 heavy (non-hydrogen) atoms. The number of hydrogen-bond acceptors (Lipinski definition) is 4. The Morgan fingerprint density at radius 2 is 2.15 bits per heavy atom. The Morgan fingerprint density at radius 3 is 2.75 bits per heavy atom. The number of aromatic nitrogens is 3. The lowest BCUT2D eigenvalue weighted by atomic mass is 10.0. The van der Waals surface area contributed by atoms with Crippen LogP contribution >= 0.6 is 0 Å². The van der Waals surface area contributed by atoms with Crippen LogP contribution in [0.2, 0.25) is 0 Å². The van der Waals surface area contributed by atoms with Gasteiger partial charge in [0.1, 0.15) is 11.4 Å². The topological polar surface area (TPSA) is 85.8 Å². The first kappa shape index (κ1) is 14.0. The fourth-order valence-corrected chi connectivity index (χ4v) is 1.98. The maximum Gasteiger partial charge on any atom is 0.244 e. The molecule has 0 saturated heterocycles. The summed E-state index contributed by atoms with van der Waals surface area (Å²) < 4.78 is 1.59. The predicted molar refractivity (Wildman–Crippen MR) is 78.3 cm³/mol. The van der Waals surface area contributed by atoms with Gasteiger partial charge in [-0.05, 0) is 38.0 Å². The van der Waals surface area contributed by atoms with Crippen molar-refractivity contribution in [2.24, 2.45) is 5.73 Å². The molecule has 0 radical (unpaired) electrons. The zero-order chi connectivity index (χ0) is 14.9. The molecule has 0 aliphatic heterocycles. The number of nitrogens with one attached hydrogen (secondary N) is 1. The minimum Gasteiger partial charge on any atom is -0.373 e. The molecular weight excluding hydrogens is 254 g/mol. The second-order valence-electron chi connectivity index (χ2n) is 5.18. The Balaban J connectivity index is 2.47. The molecule has 0 bridgehead atoms. The van der Waals surface area contributed by atoms with Gasteiger partial charge in [0.15, 0.2) is 0 Å². The van der Waals surface area contributed by atoms with Crippen LogP contribution in [0.3, 0.4) is 0 Å². The number of amides is 1. The molecule has 6 heteroatoms. The summed E-state index contributed by atoms with van der Waals surface area (Å²) in [5.41, 5.74) is 7.53. The zero-order valence-corrected chi connectivity index (χ0v) is 12.1. The number of nitrogens with two attached hydrogens (primary N) is 1. The van der Waals surface area contributed by atoms with Gasteiger partial charge in [0.05, 0.1) is 6.20 Å². The molecule has 2 rings (SSSR count). The van der Waals surface area contributed by atoms with Crippen molar-refractivity contribution in [3.8, 4) is 11.1 Å². The van der Waals surface area contributed by atoms with Gasteiger partial charge in [0.25, 0.3) is 0 Å². The van der Waals surface area contributed by atoms with Crippen molar-refractivity contribution >= 4 is 11.7 Å². The largest absolute Gasteiger partial charge is 0.373 e. The lowest BCUT2D eigenvalue weighted by Crippen LogP contribution is -2.41. The van der Waals surface area contributed by atoms with Gasteiger partial charge in [-0.3, -0.25) is 9.48 Å². The lowest BCUT2D eigenvalue weighted by molar-refractivity contribution is -0.125. The molecule has 2 heterocycles. The zero-order valence-electron chi connectivity index (χ0n) is 12.1. The van der Waals surface area contributed by atoms with E-state index in [1.165, 1.54) is 0 Å². The maximum atomic E-state index is 11.5. The number of nitrogens with zero attached hydrogens (tertiary/aromatic N) is 3. The molecule has 0 aliphatic carbocycles. The van der Waals surface area contributed by atoms with Gasteiger partial charge in [-0.2, -0.15) is 5.10 Å². The summed E-state index contributed by atoms with van der Waals surface area (Å²) in [4.78, 5) is 15.7. The highest BCUT2D eigenvalue weighted by Gasteiger charge is 2.28. The van der Waals surface area contributed by atoms with Crippen LogP contribution in [0.4, 0.5) is 5.82 Å². The van der Waals surface area contributed by atoms with Gasteiger partial charge in [-0.15, -0.1) is 0 Å². The number of primary amides is 1. The SMILES string of the molecule is CNc1nccc(-c2cnn(C(C)(C)C(N)=O)c2)c1C. The average molecular weight is 273 g/mol. The summed E-state index contributed by atoms with van der Waals surface area (Å²) in [6.45, 7) is 5.47. The van der Waals surface area contributed by atoms with E-state index in [-0.39, 0.29) is 0 Å². The molecule has 0 spiro atoms. The van der Waals surface area contributed by atoms with E-state index in [1.807, 2.05) is 26.2 Å². The normalized spacial score (nSPS) is 11.4. The van der Waals surface area contributed by atoms with Crippen LogP contribution in [0.25, 0.3) is 11.1 Å². The summed E-state index contributed by atoms with van der Waals surface area (Å²) in [5.74, 6) is 0.402. The Hall–Kier alpha value is -2.37. The van der Waals surface area contributed by atoms with Crippen molar-refractivity contribution in [2.45, 2.75) is 26.3 Å². The fourth-order valence-electron chi connectivity index (χ4n) is 1.98. The summed E-state index contributed by atoms with van der Waals surface area (Å²) in [6.07, 6.45) is 5.30. The number of rotatable bonds is 4. The number of anilines is 1. The highest BCUT2D eigenvalue weighted by molar-refractivity contribution is 5.82. The van der Waals surface area contributed by atoms with E-state index >= 15 is 0 Å². The molecule has 1 amide bonds. The second-order valence-corrected chi connectivity index (χ2v) is 5.18. The van der Waals surface area contributed by atoms with Gasteiger partial charge >= 0.3 is 0 Å². The number of carbonyl (C=O) groups is 1. The van der Waals surface area contributed by atoms with Gasteiger partial charge in [0, 0.05) is 25.0 Å². The first-order valence-electron chi connectivity index (χ1n) is 6.36. The van der Waals surface area contributed by atoms with E-state index in [9.17, 15) is 4.79 Å². The Bertz CT molecular complexity index is 645. The molecule has 0 unspecified atom stereocenters. The van der Waals surface area contributed by atoms with Crippen LogP contribution < -0.4 is 11.1 Å². The number of pyridine rings is 1. The van der Waals surface area contributed by atoms with E-state index < -0.39 is 11.4 Å². The third kappa shape index (κ3) is 2.24. The van der Waals surface area contributed by atoms with Crippen LogP contribution in [0.1, 0.15) is 19.4 Å². The van der Waals surface area contributed by atoms with Gasteiger partial charge in [0.2, 0.25) is 5.91 Å². The van der Waals surface area contributed by atoms with Crippen molar-refractivity contribution in [1.82, 2.24) is 14.8 Å². The summed E-state index contributed by atoms with van der Waals surface area (Å²) in [6, 6.07) is 1.93. The summed E-state index contributed by atoms with van der Waals surface area (Å²) in [7, 11) is 1.83. The molecule has 6 nitrogen and oxygen atoms in total. The van der Waals surface area contributed by atoms with Gasteiger partial charge in [-0.25, -0.2) is 4.98 Å². The summed E-state index contributed by atoms with van der Waals surface area (Å²) in [5, 5.41) is 7.31. The second kappa shape index (κ2) is 4.96. The maximum absolute atomic E-state index is 11.5. The first-order valence-corrected chi connectivity index (χ1v) is 6.36. The van der Waals surface area contributed by atoms with Crippen molar-refractivity contribution < 1.29 is 4.79 Å². The van der Waals surface area contributed by atoms with Gasteiger partial charge in [-0.1, -0.05) is 0 Å². The van der Waals surface area contributed by atoms with Crippen molar-refractivity contribution in [3.63, 3.8) is 0 Å². The van der Waals surface area contributed by atoms with Crippen molar-refractivity contribution in [3.05, 3.63) is 30.2 Å². The fraction of sp³-hybridized carbons (Fsp3) is 0.357. The Morgan fingerprint density at radius 1 is 1.45 bits per heavy atom. The molecule has 0 fully saturated rings. The average Bonchev–Trinajstić information content (AvgIpc) is 2.89. The molecule has 0 saturated carbocycles. The first-order chi connectivity index (χ1) is 9.37. The van der Waals surface area contributed by atoms with E-state index in [0.29, 0.717) is 0 Å². The van der Waals surface area contributed by atoms with Crippen LogP contribution in [-0.2, 0) is 10.3 Å². The van der Waals surface area contributed by atoms with Crippen LogP contribution in [-0.4, -0.2) is 27.7 Å². The van der Waals surface area contributed by atoms with E-state index in [2.05, 4.69) is 15.4 Å². The quantitative estimate of drug-likeness (QED) is 0.884. The third-order valence-corrected chi connectivity index (χ3v) is 3.51. The van der Waals surface area contributed by atoms with Crippen LogP contribution in [0.15, 0.2) is 24.7 Å². The molecule has 2 aromatic heterocycles. The van der Waals surface area contributed by atoms with Crippen molar-refractivity contribution in [2.75, 3.05) is 12.4 Å². The van der Waals surface area contributed by atoms with Crippen LogP contribution in [0, 0.1) is 6.92 Å². The Kier molecular flexibility index (Phi) is 3.48. The number of carbonyl (C=O) groups excluding carboxylic acids is 1. The van der Waals surface area contributed by atoms with E-state index in [0.717, 1.165) is 22.5 Å². The highest BCUT2D eigenvalue weighted by atomic mass is 16.1. The lowest BCUT2D eigenvalue weighted by Gasteiger charge is -2.20. The third-order valence-electron chi connectivity index (χ3n) is 3.51.